The summed E-state index contributed by atoms with van der Waals surface area (Å²) in [6.45, 7) is 9.25. The summed E-state index contributed by atoms with van der Waals surface area (Å²) in [7, 11) is 0. The summed E-state index contributed by atoms with van der Waals surface area (Å²) in [4.78, 5) is 20.5. The molecular weight excluding hydrogens is 495 g/mol. The number of nitrogens with zero attached hydrogens (tertiary/aromatic N) is 5. The summed E-state index contributed by atoms with van der Waals surface area (Å²) < 4.78 is 7.32. The van der Waals surface area contributed by atoms with Gasteiger partial charge in [-0.05, 0) is 38.0 Å². The van der Waals surface area contributed by atoms with Gasteiger partial charge in [0.1, 0.15) is 5.60 Å². The van der Waals surface area contributed by atoms with E-state index in [0.29, 0.717) is 45.2 Å². The Labute approximate surface area is 195 Å². The highest BCUT2D eigenvalue weighted by Crippen LogP contribution is 2.14. The van der Waals surface area contributed by atoms with E-state index in [1.54, 1.807) is 11.1 Å². The van der Waals surface area contributed by atoms with Gasteiger partial charge in [0, 0.05) is 38.6 Å². The summed E-state index contributed by atoms with van der Waals surface area (Å²) in [6, 6.07) is 10.1. The Bertz CT molecular complexity index is 839. The lowest BCUT2D eigenvalue weighted by Crippen LogP contribution is -2.53. The fourth-order valence-electron chi connectivity index (χ4n) is 3.15. The molecule has 8 nitrogen and oxygen atoms in total. The molecule has 1 aliphatic rings. The van der Waals surface area contributed by atoms with Gasteiger partial charge in [-0.25, -0.2) is 9.79 Å². The minimum absolute atomic E-state index is 0. The standard InChI is InChI=1S/C21H30N6O2.HI/c1-21(2,3)29-20(28)26-13-11-25(12-14-26)19(22)23-15-17-7-4-5-8-18(17)16-27-10-6-9-24-27;/h4-10H,11-16H2,1-3H3,(H2,22,23);1H. The zero-order chi connectivity index (χ0) is 20.9. The van der Waals surface area contributed by atoms with E-state index in [9.17, 15) is 4.79 Å². The number of hydrogen-bond donors (Lipinski definition) is 1. The predicted molar refractivity (Wildman–Crippen MR) is 128 cm³/mol. The van der Waals surface area contributed by atoms with Crippen LogP contribution in [0.3, 0.4) is 0 Å². The number of piperazine rings is 1. The highest BCUT2D eigenvalue weighted by molar-refractivity contribution is 14.0. The molecule has 0 unspecified atom stereocenters. The molecule has 0 atom stereocenters. The van der Waals surface area contributed by atoms with E-state index in [-0.39, 0.29) is 30.1 Å². The van der Waals surface area contributed by atoms with Gasteiger partial charge in [-0.2, -0.15) is 5.10 Å². The van der Waals surface area contributed by atoms with Crippen LogP contribution in [0.15, 0.2) is 47.7 Å². The van der Waals surface area contributed by atoms with Gasteiger partial charge < -0.3 is 20.3 Å². The summed E-state index contributed by atoms with van der Waals surface area (Å²) >= 11 is 0. The first-order chi connectivity index (χ1) is 13.8. The van der Waals surface area contributed by atoms with E-state index in [1.807, 2.05) is 54.7 Å². The van der Waals surface area contributed by atoms with E-state index in [0.717, 1.165) is 5.56 Å². The van der Waals surface area contributed by atoms with E-state index in [2.05, 4.69) is 22.2 Å². The molecule has 0 bridgehead atoms. The summed E-state index contributed by atoms with van der Waals surface area (Å²) in [5, 5.41) is 4.27. The van der Waals surface area contributed by atoms with Crippen molar-refractivity contribution >= 4 is 36.0 Å². The highest BCUT2D eigenvalue weighted by atomic mass is 127. The van der Waals surface area contributed by atoms with Crippen LogP contribution in [0.1, 0.15) is 31.9 Å². The summed E-state index contributed by atoms with van der Waals surface area (Å²) in [6.07, 6.45) is 3.44. The minimum atomic E-state index is -0.488. The normalized spacial score (nSPS) is 15.0. The van der Waals surface area contributed by atoms with Gasteiger partial charge in [-0.3, -0.25) is 4.68 Å². The number of ether oxygens (including phenoxy) is 1. The average Bonchev–Trinajstić information content (AvgIpc) is 3.19. The number of aromatic nitrogens is 2. The first kappa shape index (κ1) is 24.0. The van der Waals surface area contributed by atoms with E-state index in [4.69, 9.17) is 10.5 Å². The van der Waals surface area contributed by atoms with Crippen molar-refractivity contribution in [2.24, 2.45) is 10.7 Å². The molecule has 1 aromatic heterocycles. The van der Waals surface area contributed by atoms with Gasteiger partial charge >= 0.3 is 6.09 Å². The zero-order valence-corrected chi connectivity index (χ0v) is 20.2. The third kappa shape index (κ3) is 6.89. The van der Waals surface area contributed by atoms with Gasteiger partial charge in [0.05, 0.1) is 13.1 Å². The average molecular weight is 526 g/mol. The first-order valence-electron chi connectivity index (χ1n) is 9.89. The van der Waals surface area contributed by atoms with Crippen molar-refractivity contribution in [2.75, 3.05) is 26.2 Å². The number of amides is 1. The Hall–Kier alpha value is -2.30. The fraction of sp³-hybridized carbons (Fsp3) is 0.476. The molecule has 30 heavy (non-hydrogen) atoms. The summed E-state index contributed by atoms with van der Waals surface area (Å²) in [5.74, 6) is 0.503. The molecule has 0 radical (unpaired) electrons. The lowest BCUT2D eigenvalue weighted by atomic mass is 10.1. The Morgan fingerprint density at radius 1 is 1.10 bits per heavy atom. The number of rotatable bonds is 4. The predicted octanol–water partition coefficient (Wildman–Crippen LogP) is 2.92. The number of hydrogen-bond acceptors (Lipinski definition) is 4. The maximum atomic E-state index is 12.2. The van der Waals surface area contributed by atoms with Crippen LogP contribution in [0, 0.1) is 0 Å². The molecule has 0 saturated carbocycles. The zero-order valence-electron chi connectivity index (χ0n) is 17.8. The lowest BCUT2D eigenvalue weighted by Gasteiger charge is -2.36. The maximum absolute atomic E-state index is 12.2. The lowest BCUT2D eigenvalue weighted by molar-refractivity contribution is 0.0186. The largest absolute Gasteiger partial charge is 0.444 e. The molecular formula is C21H31IN6O2. The second-order valence-corrected chi connectivity index (χ2v) is 8.10. The van der Waals surface area contributed by atoms with E-state index < -0.39 is 5.60 Å². The Kier molecular flexibility index (Phi) is 8.51. The summed E-state index contributed by atoms with van der Waals surface area (Å²) in [5.41, 5.74) is 8.03. The number of benzene rings is 1. The van der Waals surface area contributed by atoms with Crippen molar-refractivity contribution in [3.05, 3.63) is 53.9 Å². The number of carbonyl (C=O) groups excluding carboxylic acids is 1. The van der Waals surface area contributed by atoms with Gasteiger partial charge in [0.2, 0.25) is 0 Å². The van der Waals surface area contributed by atoms with Gasteiger partial charge in [0.25, 0.3) is 0 Å². The van der Waals surface area contributed by atoms with Crippen LogP contribution in [0.2, 0.25) is 0 Å². The molecule has 9 heteroatoms. The molecule has 1 amide bonds. The molecule has 2 N–H and O–H groups in total. The second-order valence-electron chi connectivity index (χ2n) is 8.10. The molecule has 1 aliphatic heterocycles. The SMILES string of the molecule is CC(C)(C)OC(=O)N1CCN(C(N)=NCc2ccccc2Cn2cccn2)CC1.I. The van der Waals surface area contributed by atoms with Crippen molar-refractivity contribution in [1.82, 2.24) is 19.6 Å². The molecule has 1 aromatic carbocycles. The van der Waals surface area contributed by atoms with Crippen LogP contribution in [-0.4, -0.2) is 63.4 Å². The fourth-order valence-corrected chi connectivity index (χ4v) is 3.15. The van der Waals surface area contributed by atoms with Crippen LogP contribution in [0.4, 0.5) is 4.79 Å². The minimum Gasteiger partial charge on any atom is -0.444 e. The van der Waals surface area contributed by atoms with Crippen molar-refractivity contribution in [1.29, 1.82) is 0 Å². The molecule has 0 spiro atoms. The highest BCUT2D eigenvalue weighted by Gasteiger charge is 2.26. The van der Waals surface area contributed by atoms with Crippen LogP contribution >= 0.6 is 24.0 Å². The Balaban J connectivity index is 0.00000320. The van der Waals surface area contributed by atoms with Gasteiger partial charge in [0.15, 0.2) is 5.96 Å². The van der Waals surface area contributed by atoms with E-state index in [1.165, 1.54) is 5.56 Å². The third-order valence-corrected chi connectivity index (χ3v) is 4.68. The second kappa shape index (κ2) is 10.6. The van der Waals surface area contributed by atoms with Crippen molar-refractivity contribution in [3.63, 3.8) is 0 Å². The molecule has 2 aromatic rings. The smallest absolute Gasteiger partial charge is 0.410 e. The van der Waals surface area contributed by atoms with Gasteiger partial charge in [-0.1, -0.05) is 24.3 Å². The molecule has 0 aliphatic carbocycles. The molecule has 3 rings (SSSR count). The van der Waals surface area contributed by atoms with Crippen molar-refractivity contribution < 1.29 is 9.53 Å². The Morgan fingerprint density at radius 2 is 1.73 bits per heavy atom. The van der Waals surface area contributed by atoms with Crippen molar-refractivity contribution in [3.8, 4) is 0 Å². The molecule has 1 saturated heterocycles. The third-order valence-electron chi connectivity index (χ3n) is 4.68. The van der Waals surface area contributed by atoms with Gasteiger partial charge in [-0.15, -0.1) is 24.0 Å². The number of carbonyl (C=O) groups is 1. The monoisotopic (exact) mass is 526 g/mol. The quantitative estimate of drug-likeness (QED) is 0.376. The maximum Gasteiger partial charge on any atom is 0.410 e. The topological polar surface area (TPSA) is 89.0 Å². The van der Waals surface area contributed by atoms with Crippen LogP contribution < -0.4 is 5.73 Å². The molecule has 1 fully saturated rings. The Morgan fingerprint density at radius 3 is 2.33 bits per heavy atom. The number of guanidine groups is 1. The molecule has 164 valence electrons. The number of nitrogens with two attached hydrogens (primary N) is 1. The first-order valence-corrected chi connectivity index (χ1v) is 9.89. The van der Waals surface area contributed by atoms with E-state index >= 15 is 0 Å². The van der Waals surface area contributed by atoms with Crippen LogP contribution in [0.25, 0.3) is 0 Å². The van der Waals surface area contributed by atoms with Crippen LogP contribution in [-0.2, 0) is 17.8 Å². The number of aliphatic imine (C=N–C) groups is 1. The van der Waals surface area contributed by atoms with Crippen molar-refractivity contribution in [2.45, 2.75) is 39.5 Å². The number of halogens is 1. The molecule has 2 heterocycles. The van der Waals surface area contributed by atoms with Crippen LogP contribution in [0.5, 0.6) is 0 Å².